The number of benzene rings is 1. The second-order valence-corrected chi connectivity index (χ2v) is 7.19. The average molecular weight is 384 g/mol. The molecular weight excluding hydrogens is 363 g/mol. The second kappa shape index (κ2) is 8.16. The lowest BCUT2D eigenvalue weighted by atomic mass is 10.1. The van der Waals surface area contributed by atoms with Gasteiger partial charge in [-0.1, -0.05) is 12.1 Å². The highest BCUT2D eigenvalue weighted by Crippen LogP contribution is 2.21. The number of aryl methyl sites for hydroxylation is 2. The van der Waals surface area contributed by atoms with Crippen LogP contribution in [0.4, 0.5) is 15.0 Å². The van der Waals surface area contributed by atoms with Crippen molar-refractivity contribution in [1.82, 2.24) is 15.2 Å². The topological polar surface area (TPSA) is 90.1 Å². The van der Waals surface area contributed by atoms with E-state index in [-0.39, 0.29) is 5.82 Å². The number of carbonyl (C=O) groups is 1. The number of rotatable bonds is 5. The van der Waals surface area contributed by atoms with Gasteiger partial charge in [0.05, 0.1) is 0 Å². The standard InChI is InChI=1S/C20H21FN4O3/c1-20(2,3)28-19(26)23-16-12-14(9-10-22-16)18-25-24-17(27-18)8-7-13-5-4-6-15(21)11-13/h4-6,9-12H,7-8H2,1-3H3,(H,22,23,26). The Morgan fingerprint density at radius 1 is 1.18 bits per heavy atom. The fraction of sp³-hybridized carbons (Fsp3) is 0.300. The van der Waals surface area contributed by atoms with E-state index in [1.807, 2.05) is 6.07 Å². The smallest absolute Gasteiger partial charge is 0.413 e. The molecule has 2 aromatic heterocycles. The molecule has 0 unspecified atom stereocenters. The van der Waals surface area contributed by atoms with Gasteiger partial charge < -0.3 is 9.15 Å². The Kier molecular flexibility index (Phi) is 5.67. The van der Waals surface area contributed by atoms with Crippen molar-refractivity contribution >= 4 is 11.9 Å². The third-order valence-corrected chi connectivity index (χ3v) is 3.62. The Morgan fingerprint density at radius 2 is 2.00 bits per heavy atom. The zero-order valence-corrected chi connectivity index (χ0v) is 15.9. The summed E-state index contributed by atoms with van der Waals surface area (Å²) in [7, 11) is 0. The summed E-state index contributed by atoms with van der Waals surface area (Å²) in [5, 5.41) is 10.6. The van der Waals surface area contributed by atoms with Crippen LogP contribution in [0.25, 0.3) is 11.5 Å². The number of hydrogen-bond acceptors (Lipinski definition) is 6. The summed E-state index contributed by atoms with van der Waals surface area (Å²) in [5.74, 6) is 0.790. The minimum atomic E-state index is -0.606. The van der Waals surface area contributed by atoms with Gasteiger partial charge in [0.25, 0.3) is 0 Å². The van der Waals surface area contributed by atoms with Crippen LogP contribution in [0.1, 0.15) is 32.2 Å². The van der Waals surface area contributed by atoms with Gasteiger partial charge in [0, 0.05) is 18.2 Å². The first-order valence-corrected chi connectivity index (χ1v) is 8.82. The highest BCUT2D eigenvalue weighted by Gasteiger charge is 2.17. The van der Waals surface area contributed by atoms with E-state index < -0.39 is 11.7 Å². The number of halogens is 1. The number of aromatic nitrogens is 3. The predicted molar refractivity (Wildman–Crippen MR) is 101 cm³/mol. The first-order chi connectivity index (χ1) is 13.3. The van der Waals surface area contributed by atoms with Crippen LogP contribution in [0.2, 0.25) is 0 Å². The molecule has 3 aromatic rings. The largest absolute Gasteiger partial charge is 0.444 e. The highest BCUT2D eigenvalue weighted by atomic mass is 19.1. The molecule has 7 nitrogen and oxygen atoms in total. The summed E-state index contributed by atoms with van der Waals surface area (Å²) in [4.78, 5) is 16.0. The van der Waals surface area contributed by atoms with E-state index in [1.54, 1.807) is 39.0 Å². The molecule has 0 bridgehead atoms. The molecule has 2 heterocycles. The van der Waals surface area contributed by atoms with Crippen LogP contribution in [0.3, 0.4) is 0 Å². The lowest BCUT2D eigenvalue weighted by Gasteiger charge is -2.19. The van der Waals surface area contributed by atoms with Crippen molar-refractivity contribution in [2.45, 2.75) is 39.2 Å². The molecule has 28 heavy (non-hydrogen) atoms. The predicted octanol–water partition coefficient (Wildman–Crippen LogP) is 4.40. The first-order valence-electron chi connectivity index (χ1n) is 8.82. The van der Waals surface area contributed by atoms with Gasteiger partial charge in [-0.15, -0.1) is 10.2 Å². The second-order valence-electron chi connectivity index (χ2n) is 7.19. The Morgan fingerprint density at radius 3 is 2.75 bits per heavy atom. The lowest BCUT2D eigenvalue weighted by Crippen LogP contribution is -2.27. The molecule has 1 amide bonds. The van der Waals surface area contributed by atoms with Crippen molar-refractivity contribution in [3.05, 3.63) is 59.9 Å². The van der Waals surface area contributed by atoms with Crippen molar-refractivity contribution in [1.29, 1.82) is 0 Å². The normalized spacial score (nSPS) is 11.3. The molecule has 3 rings (SSSR count). The third kappa shape index (κ3) is 5.60. The maximum atomic E-state index is 13.2. The number of anilines is 1. The minimum Gasteiger partial charge on any atom is -0.444 e. The number of nitrogens with one attached hydrogen (secondary N) is 1. The van der Waals surface area contributed by atoms with E-state index in [4.69, 9.17) is 9.15 Å². The molecule has 0 atom stereocenters. The quantitative estimate of drug-likeness (QED) is 0.701. The summed E-state index contributed by atoms with van der Waals surface area (Å²) in [6.45, 7) is 5.33. The number of pyridine rings is 1. The van der Waals surface area contributed by atoms with E-state index in [9.17, 15) is 9.18 Å². The van der Waals surface area contributed by atoms with Crippen LogP contribution in [-0.2, 0) is 17.6 Å². The fourth-order valence-electron chi connectivity index (χ4n) is 2.46. The van der Waals surface area contributed by atoms with Gasteiger partial charge in [-0.2, -0.15) is 0 Å². The third-order valence-electron chi connectivity index (χ3n) is 3.62. The molecule has 1 aromatic carbocycles. The number of carbonyl (C=O) groups excluding carboxylic acids is 1. The number of amides is 1. The van der Waals surface area contributed by atoms with Gasteiger partial charge in [0.15, 0.2) is 0 Å². The zero-order valence-electron chi connectivity index (χ0n) is 15.9. The molecule has 146 valence electrons. The molecular formula is C20H21FN4O3. The molecule has 8 heteroatoms. The maximum Gasteiger partial charge on any atom is 0.413 e. The van der Waals surface area contributed by atoms with Crippen LogP contribution in [-0.4, -0.2) is 26.9 Å². The Labute approximate surface area is 162 Å². The van der Waals surface area contributed by atoms with Crippen molar-refractivity contribution in [2.75, 3.05) is 5.32 Å². The van der Waals surface area contributed by atoms with E-state index >= 15 is 0 Å². The fourth-order valence-corrected chi connectivity index (χ4v) is 2.46. The molecule has 0 aliphatic carbocycles. The molecule has 0 saturated heterocycles. The molecule has 0 radical (unpaired) electrons. The van der Waals surface area contributed by atoms with Gasteiger partial charge >= 0.3 is 6.09 Å². The maximum absolute atomic E-state index is 13.2. The summed E-state index contributed by atoms with van der Waals surface area (Å²) in [5.41, 5.74) is 0.864. The summed E-state index contributed by atoms with van der Waals surface area (Å²) in [6, 6.07) is 9.71. The summed E-state index contributed by atoms with van der Waals surface area (Å²) >= 11 is 0. The number of nitrogens with zero attached hydrogens (tertiary/aromatic N) is 3. The van der Waals surface area contributed by atoms with E-state index in [0.29, 0.717) is 36.0 Å². The van der Waals surface area contributed by atoms with Crippen molar-refractivity contribution < 1.29 is 18.3 Å². The van der Waals surface area contributed by atoms with Crippen LogP contribution >= 0.6 is 0 Å². The van der Waals surface area contributed by atoms with Gasteiger partial charge in [-0.05, 0) is 57.0 Å². The SMILES string of the molecule is CC(C)(C)OC(=O)Nc1cc(-c2nnc(CCc3cccc(F)c3)o2)ccn1. The van der Waals surface area contributed by atoms with Crippen molar-refractivity contribution in [3.8, 4) is 11.5 Å². The molecule has 0 aliphatic rings. The lowest BCUT2D eigenvalue weighted by molar-refractivity contribution is 0.0635. The van der Waals surface area contributed by atoms with E-state index in [1.165, 1.54) is 18.3 Å². The molecule has 0 spiro atoms. The van der Waals surface area contributed by atoms with Crippen LogP contribution < -0.4 is 5.32 Å². The van der Waals surface area contributed by atoms with Crippen LogP contribution in [0, 0.1) is 5.82 Å². The molecule has 1 N–H and O–H groups in total. The van der Waals surface area contributed by atoms with Crippen molar-refractivity contribution in [3.63, 3.8) is 0 Å². The Hall–Kier alpha value is -3.29. The number of ether oxygens (including phenoxy) is 1. The molecule has 0 fully saturated rings. The summed E-state index contributed by atoms with van der Waals surface area (Å²) < 4.78 is 24.1. The Balaban J connectivity index is 1.65. The van der Waals surface area contributed by atoms with Crippen LogP contribution in [0.5, 0.6) is 0 Å². The van der Waals surface area contributed by atoms with E-state index in [0.717, 1.165) is 5.56 Å². The number of hydrogen-bond donors (Lipinski definition) is 1. The monoisotopic (exact) mass is 384 g/mol. The van der Waals surface area contributed by atoms with Gasteiger partial charge in [0.1, 0.15) is 17.2 Å². The molecule has 0 saturated carbocycles. The summed E-state index contributed by atoms with van der Waals surface area (Å²) in [6.07, 6.45) is 2.00. The Bertz CT molecular complexity index is 966. The first kappa shape index (κ1) is 19.5. The minimum absolute atomic E-state index is 0.273. The highest BCUT2D eigenvalue weighted by molar-refractivity contribution is 5.84. The van der Waals surface area contributed by atoms with Crippen molar-refractivity contribution in [2.24, 2.45) is 0 Å². The molecule has 0 aliphatic heterocycles. The van der Waals surface area contributed by atoms with Gasteiger partial charge in [-0.3, -0.25) is 5.32 Å². The van der Waals surface area contributed by atoms with Crippen LogP contribution in [0.15, 0.2) is 47.0 Å². The average Bonchev–Trinajstić information content (AvgIpc) is 3.08. The van der Waals surface area contributed by atoms with Gasteiger partial charge in [-0.25, -0.2) is 14.2 Å². The zero-order chi connectivity index (χ0) is 20.1. The van der Waals surface area contributed by atoms with E-state index in [2.05, 4.69) is 20.5 Å². The van der Waals surface area contributed by atoms with Gasteiger partial charge in [0.2, 0.25) is 11.8 Å².